The molecule has 0 aromatic heterocycles. The standard InChI is InChI=1S/C10H21N/c1-4-5-6-7-8-9-10(2)11-3/h4-9H2,1-3H3. The van der Waals surface area contributed by atoms with Crippen LogP contribution in [-0.4, -0.2) is 12.8 Å². The lowest BCUT2D eigenvalue weighted by Gasteiger charge is -1.98. The molecule has 0 aliphatic rings. The smallest absolute Gasteiger partial charge is 0.0276 e. The van der Waals surface area contributed by atoms with Crippen LogP contribution in [0.2, 0.25) is 0 Å². The highest BCUT2D eigenvalue weighted by Gasteiger charge is 1.90. The second-order valence-electron chi connectivity index (χ2n) is 3.12. The molecule has 0 bridgehead atoms. The molecular weight excluding hydrogens is 134 g/mol. The Morgan fingerprint density at radius 1 is 1.09 bits per heavy atom. The Labute approximate surface area is 70.9 Å². The van der Waals surface area contributed by atoms with Crippen LogP contribution >= 0.6 is 0 Å². The van der Waals surface area contributed by atoms with Crippen molar-refractivity contribution < 1.29 is 0 Å². The summed E-state index contributed by atoms with van der Waals surface area (Å²) in [4.78, 5) is 4.12. The molecular formula is C10H21N. The molecule has 0 saturated carbocycles. The van der Waals surface area contributed by atoms with Gasteiger partial charge in [-0.25, -0.2) is 0 Å². The molecule has 0 saturated heterocycles. The normalized spacial score (nSPS) is 12.1. The lowest BCUT2D eigenvalue weighted by atomic mass is 10.1. The number of aliphatic imine (C=N–C) groups is 1. The molecule has 0 aliphatic heterocycles. The highest BCUT2D eigenvalue weighted by Crippen LogP contribution is 2.05. The zero-order chi connectivity index (χ0) is 8.53. The van der Waals surface area contributed by atoms with Crippen LogP contribution in [0.25, 0.3) is 0 Å². The fourth-order valence-electron chi connectivity index (χ4n) is 1.10. The first-order valence-corrected chi connectivity index (χ1v) is 4.73. The molecule has 0 spiro atoms. The summed E-state index contributed by atoms with van der Waals surface area (Å²) in [5, 5.41) is 0. The van der Waals surface area contributed by atoms with Crippen LogP contribution in [0.15, 0.2) is 4.99 Å². The summed E-state index contributed by atoms with van der Waals surface area (Å²) >= 11 is 0. The topological polar surface area (TPSA) is 12.4 Å². The number of hydrogen-bond donors (Lipinski definition) is 0. The second-order valence-corrected chi connectivity index (χ2v) is 3.12. The Kier molecular flexibility index (Phi) is 7.54. The van der Waals surface area contributed by atoms with E-state index >= 15 is 0 Å². The van der Waals surface area contributed by atoms with Crippen LogP contribution in [0.5, 0.6) is 0 Å². The molecule has 0 aliphatic carbocycles. The Morgan fingerprint density at radius 2 is 1.73 bits per heavy atom. The molecule has 0 atom stereocenters. The van der Waals surface area contributed by atoms with Crippen molar-refractivity contribution in [2.45, 2.75) is 52.4 Å². The fourth-order valence-corrected chi connectivity index (χ4v) is 1.10. The Hall–Kier alpha value is -0.330. The molecule has 66 valence electrons. The van der Waals surface area contributed by atoms with Crippen LogP contribution in [0.4, 0.5) is 0 Å². The molecule has 0 N–H and O–H groups in total. The summed E-state index contributed by atoms with van der Waals surface area (Å²) in [5.74, 6) is 0. The van der Waals surface area contributed by atoms with Gasteiger partial charge in [-0.15, -0.1) is 0 Å². The third kappa shape index (κ3) is 7.57. The molecule has 0 fully saturated rings. The molecule has 0 aromatic rings. The average Bonchev–Trinajstić information content (AvgIpc) is 2.04. The summed E-state index contributed by atoms with van der Waals surface area (Å²) in [6.45, 7) is 4.36. The van der Waals surface area contributed by atoms with E-state index in [0.29, 0.717) is 0 Å². The first-order valence-electron chi connectivity index (χ1n) is 4.73. The van der Waals surface area contributed by atoms with Gasteiger partial charge in [0.25, 0.3) is 0 Å². The second kappa shape index (κ2) is 7.77. The van der Waals surface area contributed by atoms with E-state index in [0.717, 1.165) is 0 Å². The minimum Gasteiger partial charge on any atom is -0.298 e. The van der Waals surface area contributed by atoms with Crippen molar-refractivity contribution in [3.8, 4) is 0 Å². The first kappa shape index (κ1) is 10.7. The number of hydrogen-bond acceptors (Lipinski definition) is 1. The van der Waals surface area contributed by atoms with E-state index in [2.05, 4.69) is 18.8 Å². The van der Waals surface area contributed by atoms with E-state index in [-0.39, 0.29) is 0 Å². The van der Waals surface area contributed by atoms with Crippen molar-refractivity contribution >= 4 is 5.71 Å². The van der Waals surface area contributed by atoms with Gasteiger partial charge in [0.1, 0.15) is 0 Å². The molecule has 11 heavy (non-hydrogen) atoms. The fraction of sp³-hybridized carbons (Fsp3) is 0.900. The van der Waals surface area contributed by atoms with Gasteiger partial charge < -0.3 is 0 Å². The van der Waals surface area contributed by atoms with Gasteiger partial charge in [0, 0.05) is 12.8 Å². The summed E-state index contributed by atoms with van der Waals surface area (Å²) < 4.78 is 0. The van der Waals surface area contributed by atoms with Crippen molar-refractivity contribution in [3.63, 3.8) is 0 Å². The van der Waals surface area contributed by atoms with E-state index < -0.39 is 0 Å². The van der Waals surface area contributed by atoms with Crippen LogP contribution in [0.3, 0.4) is 0 Å². The molecule has 1 heteroatoms. The zero-order valence-corrected chi connectivity index (χ0v) is 8.19. The van der Waals surface area contributed by atoms with Crippen molar-refractivity contribution in [3.05, 3.63) is 0 Å². The minimum atomic E-state index is 1.19. The van der Waals surface area contributed by atoms with Crippen LogP contribution in [-0.2, 0) is 0 Å². The highest BCUT2D eigenvalue weighted by molar-refractivity contribution is 5.81. The summed E-state index contributed by atoms with van der Waals surface area (Å²) in [5.41, 5.74) is 1.29. The van der Waals surface area contributed by atoms with Crippen molar-refractivity contribution in [2.75, 3.05) is 7.05 Å². The van der Waals surface area contributed by atoms with Crippen LogP contribution in [0.1, 0.15) is 52.4 Å². The lowest BCUT2D eigenvalue weighted by molar-refractivity contribution is 0.643. The Balaban J connectivity index is 3.02. The van der Waals surface area contributed by atoms with E-state index in [4.69, 9.17) is 0 Å². The maximum absolute atomic E-state index is 4.12. The molecule has 0 amide bonds. The van der Waals surface area contributed by atoms with Crippen LogP contribution < -0.4 is 0 Å². The third-order valence-electron chi connectivity index (χ3n) is 2.02. The predicted molar refractivity (Wildman–Crippen MR) is 52.4 cm³/mol. The monoisotopic (exact) mass is 155 g/mol. The number of rotatable bonds is 6. The molecule has 0 heterocycles. The van der Waals surface area contributed by atoms with E-state index in [1.807, 2.05) is 7.05 Å². The third-order valence-corrected chi connectivity index (χ3v) is 2.02. The molecule has 0 aromatic carbocycles. The molecule has 1 nitrogen and oxygen atoms in total. The summed E-state index contributed by atoms with van der Waals surface area (Å²) in [7, 11) is 1.88. The van der Waals surface area contributed by atoms with Gasteiger partial charge >= 0.3 is 0 Å². The van der Waals surface area contributed by atoms with Crippen LogP contribution in [0, 0.1) is 0 Å². The Bertz CT molecular complexity index is 105. The highest BCUT2D eigenvalue weighted by atomic mass is 14.7. The van der Waals surface area contributed by atoms with E-state index in [9.17, 15) is 0 Å². The van der Waals surface area contributed by atoms with Crippen molar-refractivity contribution in [1.29, 1.82) is 0 Å². The number of nitrogens with zero attached hydrogens (tertiary/aromatic N) is 1. The molecule has 0 rings (SSSR count). The van der Waals surface area contributed by atoms with Gasteiger partial charge in [0.15, 0.2) is 0 Å². The van der Waals surface area contributed by atoms with Crippen molar-refractivity contribution in [1.82, 2.24) is 0 Å². The lowest BCUT2D eigenvalue weighted by Crippen LogP contribution is -1.90. The molecule has 0 unspecified atom stereocenters. The minimum absolute atomic E-state index is 1.19. The Morgan fingerprint density at radius 3 is 2.27 bits per heavy atom. The first-order chi connectivity index (χ1) is 5.31. The largest absolute Gasteiger partial charge is 0.298 e. The maximum Gasteiger partial charge on any atom is 0.0276 e. The van der Waals surface area contributed by atoms with Gasteiger partial charge in [0.05, 0.1) is 0 Å². The summed E-state index contributed by atoms with van der Waals surface area (Å²) in [6, 6.07) is 0. The van der Waals surface area contributed by atoms with Gasteiger partial charge in [-0.05, 0) is 19.8 Å². The van der Waals surface area contributed by atoms with Crippen molar-refractivity contribution in [2.24, 2.45) is 4.99 Å². The molecule has 0 radical (unpaired) electrons. The van der Waals surface area contributed by atoms with Gasteiger partial charge in [0.2, 0.25) is 0 Å². The SMILES string of the molecule is CCCCCCCC(C)=NC. The van der Waals surface area contributed by atoms with Gasteiger partial charge in [-0.3, -0.25) is 4.99 Å². The number of unbranched alkanes of at least 4 members (excludes halogenated alkanes) is 4. The quantitative estimate of drug-likeness (QED) is 0.411. The maximum atomic E-state index is 4.12. The van der Waals surface area contributed by atoms with E-state index in [1.165, 1.54) is 44.2 Å². The van der Waals surface area contributed by atoms with Gasteiger partial charge in [-0.2, -0.15) is 0 Å². The predicted octanol–water partition coefficient (Wildman–Crippen LogP) is 3.44. The summed E-state index contributed by atoms with van der Waals surface area (Å²) in [6.07, 6.45) is 8.01. The average molecular weight is 155 g/mol. The van der Waals surface area contributed by atoms with E-state index in [1.54, 1.807) is 0 Å². The zero-order valence-electron chi connectivity index (χ0n) is 8.19. The van der Waals surface area contributed by atoms with Gasteiger partial charge in [-0.1, -0.05) is 32.6 Å².